The van der Waals surface area contributed by atoms with E-state index in [1.165, 1.54) is 0 Å². The summed E-state index contributed by atoms with van der Waals surface area (Å²) in [6.07, 6.45) is 1.62. The molecule has 0 rings (SSSR count). The zero-order chi connectivity index (χ0) is 7.70. The van der Waals surface area contributed by atoms with Crippen molar-refractivity contribution in [2.45, 2.75) is 6.92 Å². The maximum absolute atomic E-state index is 8.56. The van der Waals surface area contributed by atoms with Crippen LogP contribution in [-0.4, -0.2) is 23.5 Å². The van der Waals surface area contributed by atoms with Gasteiger partial charge >= 0.3 is 6.16 Å². The first-order valence-electron chi connectivity index (χ1n) is 2.21. The molecule has 4 nitrogen and oxygen atoms in total. The predicted octanol–water partition coefficient (Wildman–Crippen LogP) is 1.39. The summed E-state index contributed by atoms with van der Waals surface area (Å²) in [5.41, 5.74) is 0. The Labute approximate surface area is 53.4 Å². The molecular weight excluding hydrogens is 124 g/mol. The van der Waals surface area contributed by atoms with Crippen LogP contribution in [0.4, 0.5) is 4.79 Å². The van der Waals surface area contributed by atoms with Crippen LogP contribution in [0.3, 0.4) is 0 Å². The van der Waals surface area contributed by atoms with Gasteiger partial charge in [-0.25, -0.2) is 4.79 Å². The summed E-state index contributed by atoms with van der Waals surface area (Å²) in [7, 11) is 1.62. The molecule has 0 fully saturated rings. The number of methoxy groups -OCH3 is 1. The lowest BCUT2D eigenvalue weighted by Crippen LogP contribution is -1.81. The van der Waals surface area contributed by atoms with Crippen LogP contribution in [0.15, 0.2) is 12.3 Å². The van der Waals surface area contributed by atoms with Crippen molar-refractivity contribution < 1.29 is 19.7 Å². The fourth-order valence-electron chi connectivity index (χ4n) is 0.136. The molecule has 0 saturated carbocycles. The molecule has 0 aliphatic heterocycles. The Kier molecular flexibility index (Phi) is 11.8. The van der Waals surface area contributed by atoms with Crippen molar-refractivity contribution in [3.05, 3.63) is 12.3 Å². The third kappa shape index (κ3) is 240. The Morgan fingerprint density at radius 1 is 1.56 bits per heavy atom. The summed E-state index contributed by atoms with van der Waals surface area (Å²) in [5.74, 6) is 0. The second-order valence-corrected chi connectivity index (χ2v) is 0.988. The highest BCUT2D eigenvalue weighted by Crippen LogP contribution is 1.64. The SMILES string of the molecule is CC=COC.O=C(O)O. The molecule has 0 atom stereocenters. The van der Waals surface area contributed by atoms with E-state index in [9.17, 15) is 0 Å². The second kappa shape index (κ2) is 9.94. The largest absolute Gasteiger partial charge is 0.505 e. The van der Waals surface area contributed by atoms with Gasteiger partial charge in [0, 0.05) is 0 Å². The minimum atomic E-state index is -1.83. The number of carbonyl (C=O) groups is 1. The molecule has 0 spiro atoms. The third-order valence-corrected chi connectivity index (χ3v) is 0.272. The van der Waals surface area contributed by atoms with Gasteiger partial charge < -0.3 is 14.9 Å². The highest BCUT2D eigenvalue weighted by atomic mass is 16.6. The van der Waals surface area contributed by atoms with Gasteiger partial charge in [-0.3, -0.25) is 0 Å². The fraction of sp³-hybridized carbons (Fsp3) is 0.400. The minimum absolute atomic E-state index is 1.62. The Hall–Kier alpha value is -1.19. The lowest BCUT2D eigenvalue weighted by Gasteiger charge is -1.76. The highest BCUT2D eigenvalue weighted by Gasteiger charge is 1.70. The molecule has 0 unspecified atom stereocenters. The van der Waals surface area contributed by atoms with Crippen molar-refractivity contribution in [1.82, 2.24) is 0 Å². The van der Waals surface area contributed by atoms with E-state index in [1.807, 2.05) is 13.0 Å². The number of rotatable bonds is 1. The van der Waals surface area contributed by atoms with Crippen LogP contribution in [-0.2, 0) is 4.74 Å². The van der Waals surface area contributed by atoms with E-state index in [1.54, 1.807) is 13.4 Å². The summed E-state index contributed by atoms with van der Waals surface area (Å²) in [4.78, 5) is 8.56. The first kappa shape index (κ1) is 10.7. The molecule has 0 aliphatic carbocycles. The number of hydrogen-bond donors (Lipinski definition) is 2. The van der Waals surface area contributed by atoms with Gasteiger partial charge in [-0.2, -0.15) is 0 Å². The van der Waals surface area contributed by atoms with Gasteiger partial charge in [-0.1, -0.05) is 6.08 Å². The first-order chi connectivity index (χ1) is 4.15. The Bertz CT molecular complexity index is 83.0. The van der Waals surface area contributed by atoms with Crippen molar-refractivity contribution in [2.75, 3.05) is 7.11 Å². The molecule has 0 aromatic rings. The van der Waals surface area contributed by atoms with Crippen LogP contribution in [0, 0.1) is 0 Å². The summed E-state index contributed by atoms with van der Waals surface area (Å²) in [5, 5.41) is 13.9. The van der Waals surface area contributed by atoms with Crippen molar-refractivity contribution >= 4 is 6.16 Å². The average molecular weight is 134 g/mol. The van der Waals surface area contributed by atoms with Crippen LogP contribution >= 0.6 is 0 Å². The normalized spacial score (nSPS) is 7.78. The molecule has 2 N–H and O–H groups in total. The lowest BCUT2D eigenvalue weighted by molar-refractivity contribution is 0.137. The maximum atomic E-state index is 8.56. The van der Waals surface area contributed by atoms with Crippen LogP contribution < -0.4 is 0 Å². The van der Waals surface area contributed by atoms with E-state index in [0.717, 1.165) is 0 Å². The van der Waals surface area contributed by atoms with Gasteiger partial charge in [-0.15, -0.1) is 0 Å². The Balaban J connectivity index is 0. The van der Waals surface area contributed by atoms with Crippen LogP contribution in [0.1, 0.15) is 6.92 Å². The van der Waals surface area contributed by atoms with E-state index < -0.39 is 6.16 Å². The first-order valence-corrected chi connectivity index (χ1v) is 2.21. The molecule has 9 heavy (non-hydrogen) atoms. The van der Waals surface area contributed by atoms with E-state index in [4.69, 9.17) is 15.0 Å². The zero-order valence-electron chi connectivity index (χ0n) is 5.37. The van der Waals surface area contributed by atoms with E-state index >= 15 is 0 Å². The van der Waals surface area contributed by atoms with Gasteiger partial charge in [0.15, 0.2) is 0 Å². The molecular formula is C5H10O4. The molecule has 4 heteroatoms. The van der Waals surface area contributed by atoms with E-state index in [-0.39, 0.29) is 0 Å². The van der Waals surface area contributed by atoms with Crippen LogP contribution in [0.25, 0.3) is 0 Å². The van der Waals surface area contributed by atoms with E-state index in [0.29, 0.717) is 0 Å². The number of allylic oxidation sites excluding steroid dienone is 1. The standard InChI is InChI=1S/C4H8O.CH2O3/c1-3-4-5-2;2-1(3)4/h3-4H,1-2H3;(H2,2,3,4). The minimum Gasteiger partial charge on any atom is -0.505 e. The lowest BCUT2D eigenvalue weighted by atomic mass is 10.7. The van der Waals surface area contributed by atoms with Crippen molar-refractivity contribution in [1.29, 1.82) is 0 Å². The molecule has 54 valence electrons. The van der Waals surface area contributed by atoms with E-state index in [2.05, 4.69) is 4.74 Å². The maximum Gasteiger partial charge on any atom is 0.503 e. The number of carboxylic acid groups (broad SMARTS) is 2. The zero-order valence-corrected chi connectivity index (χ0v) is 5.37. The van der Waals surface area contributed by atoms with Crippen molar-refractivity contribution in [3.63, 3.8) is 0 Å². The van der Waals surface area contributed by atoms with Crippen molar-refractivity contribution in [2.24, 2.45) is 0 Å². The molecule has 0 aromatic heterocycles. The average Bonchev–Trinajstić information content (AvgIpc) is 1.66. The molecule has 0 amide bonds. The number of hydrogen-bond acceptors (Lipinski definition) is 2. The molecule has 0 bridgehead atoms. The van der Waals surface area contributed by atoms with Gasteiger partial charge in [-0.05, 0) is 6.92 Å². The Morgan fingerprint density at radius 2 is 1.89 bits per heavy atom. The molecule has 0 aliphatic rings. The Morgan fingerprint density at radius 3 is 1.89 bits per heavy atom. The second-order valence-electron chi connectivity index (χ2n) is 0.988. The molecule has 0 aromatic carbocycles. The summed E-state index contributed by atoms with van der Waals surface area (Å²) in [6.45, 7) is 1.91. The monoisotopic (exact) mass is 134 g/mol. The highest BCUT2D eigenvalue weighted by molar-refractivity contribution is 5.53. The summed E-state index contributed by atoms with van der Waals surface area (Å²) in [6, 6.07) is 0. The van der Waals surface area contributed by atoms with Gasteiger partial charge in [0.2, 0.25) is 0 Å². The number of ether oxygens (including phenoxy) is 1. The summed E-state index contributed by atoms with van der Waals surface area (Å²) >= 11 is 0. The molecule has 0 radical (unpaired) electrons. The fourth-order valence-corrected chi connectivity index (χ4v) is 0.136. The molecule has 0 heterocycles. The quantitative estimate of drug-likeness (QED) is 0.532. The smallest absolute Gasteiger partial charge is 0.503 e. The predicted molar refractivity (Wildman–Crippen MR) is 32.5 cm³/mol. The summed E-state index contributed by atoms with van der Waals surface area (Å²) < 4.78 is 4.51. The van der Waals surface area contributed by atoms with Crippen LogP contribution in [0.5, 0.6) is 0 Å². The van der Waals surface area contributed by atoms with Gasteiger partial charge in [0.1, 0.15) is 0 Å². The topological polar surface area (TPSA) is 66.8 Å². The molecule has 0 saturated heterocycles. The van der Waals surface area contributed by atoms with Crippen molar-refractivity contribution in [3.8, 4) is 0 Å². The third-order valence-electron chi connectivity index (χ3n) is 0.272. The van der Waals surface area contributed by atoms with Gasteiger partial charge in [0.25, 0.3) is 0 Å². The van der Waals surface area contributed by atoms with Gasteiger partial charge in [0.05, 0.1) is 13.4 Å². The van der Waals surface area contributed by atoms with Crippen LogP contribution in [0.2, 0.25) is 0 Å².